The zero-order valence-electron chi connectivity index (χ0n) is 43.4. The Morgan fingerprint density at radius 1 is 0.491 bits per heavy atom. The van der Waals surface area contributed by atoms with Crippen LogP contribution in [0.15, 0.2) is 158 Å². The lowest BCUT2D eigenvalue weighted by Gasteiger charge is -2.22. The van der Waals surface area contributed by atoms with Crippen LogP contribution in [0.3, 0.4) is 0 Å². The Hall–Kier alpha value is -6.45. The van der Waals surface area contributed by atoms with Crippen LogP contribution in [0.25, 0.3) is 78.7 Å². The van der Waals surface area contributed by atoms with Crippen molar-refractivity contribution in [2.24, 2.45) is 0 Å². The summed E-state index contributed by atoms with van der Waals surface area (Å²) in [5.41, 5.74) is 6.44. The topological polar surface area (TPSA) is 38.7 Å². The Balaban J connectivity index is 1.10. The Morgan fingerprint density at radius 2 is 1.08 bits per heavy atom. The van der Waals surface area contributed by atoms with E-state index < -0.39 is 61.4 Å². The maximum atomic E-state index is 8.88. The van der Waals surface area contributed by atoms with Gasteiger partial charge in [-0.05, 0) is 98.3 Å². The summed E-state index contributed by atoms with van der Waals surface area (Å²) in [6, 6.07) is 26.9. The summed E-state index contributed by atoms with van der Waals surface area (Å²) in [4.78, 5) is 13.8. The second-order valence-electron chi connectivity index (χ2n) is 13.3. The average molecular weight is 695 g/mol. The summed E-state index contributed by atoms with van der Waals surface area (Å²) >= 11 is 0. The molecule has 0 saturated heterocycles. The highest BCUT2D eigenvalue weighted by Gasteiger charge is 2.35. The number of hydrogen-bond donors (Lipinski definition) is 0. The largest absolute Gasteiger partial charge is 0.208 e. The molecule has 53 heavy (non-hydrogen) atoms. The van der Waals surface area contributed by atoms with Crippen LogP contribution in [-0.2, 0) is 11.8 Å². The highest BCUT2D eigenvalue weighted by atomic mass is 15.0. The van der Waals surface area contributed by atoms with Gasteiger partial charge in [0.05, 0.1) is 12.3 Å². The first-order valence-electron chi connectivity index (χ1n) is 24.7. The van der Waals surface area contributed by atoms with Gasteiger partial charge in [0.2, 0.25) is 0 Å². The molecule has 8 aromatic rings. The number of rotatable bonds is 5. The van der Waals surface area contributed by atoms with Gasteiger partial charge in [0, 0.05) is 30.3 Å². The summed E-state index contributed by atoms with van der Waals surface area (Å²) in [5.74, 6) is -0.555. The van der Waals surface area contributed by atoms with Crippen LogP contribution in [0.5, 0.6) is 0 Å². The van der Waals surface area contributed by atoms with E-state index in [1.54, 1.807) is 42.5 Å². The van der Waals surface area contributed by atoms with Crippen molar-refractivity contribution in [1.29, 1.82) is 0 Å². The van der Waals surface area contributed by atoms with E-state index in [2.05, 4.69) is 15.0 Å². The molecule has 0 spiro atoms. The third-order valence-electron chi connectivity index (χ3n) is 10.1. The quantitative estimate of drug-likeness (QED) is 0.180. The molecule has 3 nitrogen and oxygen atoms in total. The van der Waals surface area contributed by atoms with Crippen LogP contribution >= 0.6 is 0 Å². The maximum absolute atomic E-state index is 8.88. The summed E-state index contributed by atoms with van der Waals surface area (Å²) in [7, 11) is 0. The summed E-state index contributed by atoms with van der Waals surface area (Å²) in [5, 5.41) is 0. The highest BCUT2D eigenvalue weighted by molar-refractivity contribution is 5.91. The SMILES string of the molecule is [2H]c1c([2H])c([2H])c(-c2nc(-c3cccc(-c4cccc5c4Cc4c(-c6ccc7c(c6)C(C([2H])([2H])[2H])(C([2H])([2H])[2H])c6ccccc6-7)cccc4-5)c3)nc(-c3c([2H])c([2H])c([2H])c(C)c3[2H])n2)c([2H])c1[2H]. The molecular weight excluding hydrogens is 643 g/mol. The minimum Gasteiger partial charge on any atom is -0.208 e. The van der Waals surface area contributed by atoms with E-state index in [4.69, 9.17) is 20.6 Å². The number of fused-ring (bicyclic) bond motifs is 6. The number of hydrogen-bond acceptors (Lipinski definition) is 3. The van der Waals surface area contributed by atoms with Gasteiger partial charge in [0.1, 0.15) is 0 Å². The fraction of sp³-hybridized carbons (Fsp3) is 0.100. The lowest BCUT2D eigenvalue weighted by molar-refractivity contribution is 0.660. The van der Waals surface area contributed by atoms with E-state index in [9.17, 15) is 0 Å². The molecule has 0 atom stereocenters. The van der Waals surface area contributed by atoms with Gasteiger partial charge < -0.3 is 0 Å². The predicted octanol–water partition coefficient (Wildman–Crippen LogP) is 12.4. The second-order valence-corrected chi connectivity index (χ2v) is 13.3. The number of nitrogens with zero attached hydrogens (tertiary/aromatic N) is 3. The molecule has 0 unspecified atom stereocenters. The van der Waals surface area contributed by atoms with Crippen molar-refractivity contribution >= 4 is 0 Å². The molecule has 3 heteroatoms. The molecule has 1 aromatic heterocycles. The fourth-order valence-corrected chi connectivity index (χ4v) is 7.69. The maximum Gasteiger partial charge on any atom is 0.164 e. The van der Waals surface area contributed by atoms with Gasteiger partial charge in [0.15, 0.2) is 17.5 Å². The normalized spacial score (nSPS) is 17.8. The molecule has 0 amide bonds. The molecule has 0 aliphatic heterocycles. The Morgan fingerprint density at radius 3 is 1.83 bits per heavy atom. The fourth-order valence-electron chi connectivity index (χ4n) is 7.69. The third kappa shape index (κ3) is 5.15. The smallest absolute Gasteiger partial charge is 0.164 e. The standard InChI is InChI=1S/C50H37N3/c1-31-13-9-17-35(27-31)48-51-47(32-14-5-4-6-15-32)52-49(53-48)36-18-10-16-33(28-36)37-20-11-22-39-40-23-12-21-38(44(40)30-43(37)39)34-25-26-42-41-19-7-8-24-45(41)50(2,3)46(42)29-34/h4-29H,30H2,1-3H3/i2D3,3D3,4D,5D,6D,9D,13D,14D,15D,17D,27D. The van der Waals surface area contributed by atoms with Crippen molar-refractivity contribution in [3.05, 3.63) is 185 Å². The lowest BCUT2D eigenvalue weighted by atomic mass is 9.81. The Bertz CT molecular complexity index is 3330. The van der Waals surface area contributed by atoms with Crippen LogP contribution in [0.2, 0.25) is 0 Å². The first-order chi connectivity index (χ1) is 32.2. The van der Waals surface area contributed by atoms with Crippen LogP contribution in [0.1, 0.15) is 62.1 Å². The van der Waals surface area contributed by atoms with E-state index in [-0.39, 0.29) is 57.4 Å². The predicted molar refractivity (Wildman–Crippen MR) is 218 cm³/mol. The van der Waals surface area contributed by atoms with Crippen LogP contribution < -0.4 is 0 Å². The van der Waals surface area contributed by atoms with Crippen LogP contribution in [0, 0.1) is 6.92 Å². The lowest BCUT2D eigenvalue weighted by Crippen LogP contribution is -2.14. The monoisotopic (exact) mass is 694 g/mol. The summed E-state index contributed by atoms with van der Waals surface area (Å²) in [6.45, 7) is -4.34. The van der Waals surface area contributed by atoms with E-state index in [1.807, 2.05) is 60.7 Å². The number of benzene rings is 7. The Labute approximate surface area is 331 Å². The van der Waals surface area contributed by atoms with Gasteiger partial charge in [-0.25, -0.2) is 15.0 Å². The first-order valence-corrected chi connectivity index (χ1v) is 17.2. The van der Waals surface area contributed by atoms with Crippen molar-refractivity contribution < 1.29 is 20.6 Å². The molecule has 0 N–H and O–H groups in total. The summed E-state index contributed by atoms with van der Waals surface area (Å²) < 4.78 is 129. The molecule has 10 rings (SSSR count). The molecule has 2 aliphatic rings. The van der Waals surface area contributed by atoms with Crippen molar-refractivity contribution in [3.8, 4) is 78.7 Å². The van der Waals surface area contributed by atoms with Gasteiger partial charge in [0.25, 0.3) is 0 Å². The molecular formula is C50H37N3. The minimum absolute atomic E-state index is 0.00121. The van der Waals surface area contributed by atoms with Gasteiger partial charge in [-0.1, -0.05) is 159 Å². The average Bonchev–Trinajstić information content (AvgIpc) is 3.86. The van der Waals surface area contributed by atoms with E-state index in [0.717, 1.165) is 38.9 Å². The summed E-state index contributed by atoms with van der Waals surface area (Å²) in [6.07, 6.45) is 0.469. The highest BCUT2D eigenvalue weighted by Crippen LogP contribution is 2.51. The molecule has 1 heterocycles. The van der Waals surface area contributed by atoms with Crippen LogP contribution in [-0.4, -0.2) is 15.0 Å². The van der Waals surface area contributed by atoms with Crippen molar-refractivity contribution in [1.82, 2.24) is 15.0 Å². The van der Waals surface area contributed by atoms with Gasteiger partial charge in [-0.2, -0.15) is 0 Å². The van der Waals surface area contributed by atoms with E-state index in [0.29, 0.717) is 28.7 Å². The Kier molecular flexibility index (Phi) is 4.42. The van der Waals surface area contributed by atoms with Crippen molar-refractivity contribution in [2.45, 2.75) is 32.5 Å². The van der Waals surface area contributed by atoms with E-state index >= 15 is 0 Å². The third-order valence-corrected chi connectivity index (χ3v) is 10.1. The molecule has 0 bridgehead atoms. The number of aromatic nitrogens is 3. The van der Waals surface area contributed by atoms with Crippen LogP contribution in [0.4, 0.5) is 0 Å². The van der Waals surface area contributed by atoms with E-state index in [1.165, 1.54) is 6.92 Å². The molecule has 0 radical (unpaired) electrons. The van der Waals surface area contributed by atoms with Gasteiger partial charge in [-0.3, -0.25) is 0 Å². The molecule has 2 aliphatic carbocycles. The molecule has 0 fully saturated rings. The van der Waals surface area contributed by atoms with Crippen molar-refractivity contribution in [2.75, 3.05) is 0 Å². The first kappa shape index (κ1) is 19.4. The minimum atomic E-state index is -2.91. The molecule has 0 saturated carbocycles. The zero-order valence-corrected chi connectivity index (χ0v) is 28.4. The second kappa shape index (κ2) is 12.1. The molecule has 252 valence electrons. The van der Waals surface area contributed by atoms with Gasteiger partial charge in [-0.15, -0.1) is 0 Å². The van der Waals surface area contributed by atoms with Crippen molar-refractivity contribution in [3.63, 3.8) is 0 Å². The zero-order chi connectivity index (χ0) is 48.5. The molecule has 7 aromatic carbocycles. The van der Waals surface area contributed by atoms with Gasteiger partial charge >= 0.3 is 0 Å².